The van der Waals surface area contributed by atoms with Gasteiger partial charge in [0, 0.05) is 18.0 Å². The van der Waals surface area contributed by atoms with E-state index in [1.165, 1.54) is 4.88 Å². The second-order valence-electron chi connectivity index (χ2n) is 4.61. The molecular formula is C15H19NO3S2. The van der Waals surface area contributed by atoms with Crippen molar-refractivity contribution in [3.63, 3.8) is 0 Å². The van der Waals surface area contributed by atoms with E-state index in [4.69, 9.17) is 4.18 Å². The summed E-state index contributed by atoms with van der Waals surface area (Å²) in [5, 5.41) is 2.03. The lowest BCUT2D eigenvalue weighted by Crippen LogP contribution is -2.30. The van der Waals surface area contributed by atoms with Crippen LogP contribution in [0, 0.1) is 0 Å². The molecule has 4 nitrogen and oxygen atoms in total. The van der Waals surface area contributed by atoms with Gasteiger partial charge < -0.3 is 4.18 Å². The number of hydrogen-bond donors (Lipinski definition) is 0. The Labute approximate surface area is 130 Å². The van der Waals surface area contributed by atoms with Crippen molar-refractivity contribution in [1.82, 2.24) is 4.90 Å². The maximum Gasteiger partial charge on any atom is 0.310 e. The third-order valence-electron chi connectivity index (χ3n) is 3.03. The Morgan fingerprint density at radius 2 is 1.90 bits per heavy atom. The van der Waals surface area contributed by atoms with Crippen molar-refractivity contribution in [3.05, 3.63) is 52.7 Å². The van der Waals surface area contributed by atoms with Crippen molar-refractivity contribution in [2.75, 3.05) is 18.8 Å². The lowest BCUT2D eigenvalue weighted by molar-refractivity contribution is 0.297. The van der Waals surface area contributed by atoms with Gasteiger partial charge in [-0.25, -0.2) is 0 Å². The average molecular weight is 325 g/mol. The predicted octanol–water partition coefficient (Wildman–Crippen LogP) is 2.98. The van der Waals surface area contributed by atoms with Gasteiger partial charge in [0.2, 0.25) is 0 Å². The van der Waals surface area contributed by atoms with Crippen LogP contribution < -0.4 is 4.18 Å². The Hall–Kier alpha value is -1.37. The van der Waals surface area contributed by atoms with Crippen molar-refractivity contribution in [3.8, 4) is 5.75 Å². The Bertz CT molecular complexity index is 624. The Morgan fingerprint density at radius 3 is 2.52 bits per heavy atom. The summed E-state index contributed by atoms with van der Waals surface area (Å²) in [6.07, 6.45) is 0. The molecule has 0 saturated carbocycles. The lowest BCUT2D eigenvalue weighted by Gasteiger charge is -2.19. The highest BCUT2D eigenvalue weighted by Crippen LogP contribution is 2.14. The van der Waals surface area contributed by atoms with Gasteiger partial charge in [-0.15, -0.1) is 11.3 Å². The second-order valence-corrected chi connectivity index (χ2v) is 7.33. The molecule has 0 amide bonds. The van der Waals surface area contributed by atoms with Crippen molar-refractivity contribution in [2.24, 2.45) is 0 Å². The van der Waals surface area contributed by atoms with Crippen LogP contribution in [0.3, 0.4) is 0 Å². The van der Waals surface area contributed by atoms with E-state index in [1.807, 2.05) is 24.4 Å². The van der Waals surface area contributed by atoms with Gasteiger partial charge in [-0.1, -0.05) is 31.2 Å². The van der Waals surface area contributed by atoms with Gasteiger partial charge in [-0.2, -0.15) is 8.42 Å². The van der Waals surface area contributed by atoms with Crippen LogP contribution in [0.4, 0.5) is 0 Å². The van der Waals surface area contributed by atoms with E-state index in [1.54, 1.807) is 35.6 Å². The summed E-state index contributed by atoms with van der Waals surface area (Å²) in [5.41, 5.74) is 0. The van der Waals surface area contributed by atoms with E-state index in [9.17, 15) is 8.42 Å². The summed E-state index contributed by atoms with van der Waals surface area (Å²) in [6.45, 7) is 4.07. The molecule has 0 atom stereocenters. The zero-order valence-corrected chi connectivity index (χ0v) is 13.6. The van der Waals surface area contributed by atoms with E-state index < -0.39 is 10.1 Å². The highest BCUT2D eigenvalue weighted by atomic mass is 32.2. The molecule has 2 rings (SSSR count). The molecule has 0 N–H and O–H groups in total. The number of para-hydroxylation sites is 1. The third-order valence-corrected chi connectivity index (χ3v) is 5.02. The molecule has 0 fully saturated rings. The van der Waals surface area contributed by atoms with Crippen LogP contribution in [0.5, 0.6) is 5.75 Å². The number of rotatable bonds is 8. The molecule has 114 valence electrons. The summed E-state index contributed by atoms with van der Waals surface area (Å²) >= 11 is 1.68. The summed E-state index contributed by atoms with van der Waals surface area (Å²) in [6, 6.07) is 12.7. The van der Waals surface area contributed by atoms with E-state index in [2.05, 4.69) is 11.0 Å². The highest BCUT2D eigenvalue weighted by Gasteiger charge is 2.15. The minimum absolute atomic E-state index is 0.0128. The normalized spacial score (nSPS) is 11.7. The fourth-order valence-corrected chi connectivity index (χ4v) is 3.59. The first-order valence-electron chi connectivity index (χ1n) is 6.81. The van der Waals surface area contributed by atoms with Gasteiger partial charge in [-0.3, -0.25) is 4.90 Å². The summed E-state index contributed by atoms with van der Waals surface area (Å²) in [7, 11) is -3.56. The average Bonchev–Trinajstić information content (AvgIpc) is 2.97. The Kier molecular flexibility index (Phi) is 5.78. The topological polar surface area (TPSA) is 46.6 Å². The Morgan fingerprint density at radius 1 is 1.14 bits per heavy atom. The van der Waals surface area contributed by atoms with Crippen molar-refractivity contribution in [1.29, 1.82) is 0 Å². The number of hydrogen-bond acceptors (Lipinski definition) is 5. The van der Waals surface area contributed by atoms with Gasteiger partial charge in [0.05, 0.1) is 5.75 Å². The van der Waals surface area contributed by atoms with Gasteiger partial charge >= 0.3 is 10.1 Å². The molecule has 0 spiro atoms. The number of nitrogens with zero attached hydrogens (tertiary/aromatic N) is 1. The molecule has 2 aromatic rings. The molecule has 1 heterocycles. The quantitative estimate of drug-likeness (QED) is 0.700. The zero-order chi connectivity index (χ0) is 15.1. The molecule has 6 heteroatoms. The molecule has 1 aromatic carbocycles. The van der Waals surface area contributed by atoms with Crippen molar-refractivity contribution in [2.45, 2.75) is 13.5 Å². The SMILES string of the molecule is CCN(CCS(=O)(=O)Oc1ccccc1)Cc1cccs1. The molecule has 0 aliphatic rings. The summed E-state index contributed by atoms with van der Waals surface area (Å²) in [5.74, 6) is 0.347. The standard InChI is InChI=1S/C15H19NO3S2/c1-2-16(13-15-9-6-11-20-15)10-12-21(17,18)19-14-7-4-3-5-8-14/h3-9,11H,2,10,12-13H2,1H3. The number of benzene rings is 1. The van der Waals surface area contributed by atoms with Gasteiger partial charge in [0.1, 0.15) is 5.75 Å². The first-order chi connectivity index (χ1) is 10.1. The van der Waals surface area contributed by atoms with E-state index in [0.29, 0.717) is 12.3 Å². The smallest absolute Gasteiger partial charge is 0.310 e. The van der Waals surface area contributed by atoms with Crippen molar-refractivity contribution >= 4 is 21.5 Å². The largest absolute Gasteiger partial charge is 0.382 e. The third kappa shape index (κ3) is 5.49. The molecule has 0 bridgehead atoms. The fourth-order valence-electron chi connectivity index (χ4n) is 1.88. The zero-order valence-electron chi connectivity index (χ0n) is 11.9. The van der Waals surface area contributed by atoms with Gasteiger partial charge in [0.25, 0.3) is 0 Å². The molecule has 21 heavy (non-hydrogen) atoms. The first-order valence-corrected chi connectivity index (χ1v) is 9.26. The molecule has 0 aliphatic carbocycles. The van der Waals surface area contributed by atoms with Crippen molar-refractivity contribution < 1.29 is 12.6 Å². The van der Waals surface area contributed by atoms with E-state index >= 15 is 0 Å². The van der Waals surface area contributed by atoms with Crippen LogP contribution >= 0.6 is 11.3 Å². The maximum absolute atomic E-state index is 12.0. The molecule has 1 aromatic heterocycles. The van der Waals surface area contributed by atoms with E-state index in [-0.39, 0.29) is 5.75 Å². The van der Waals surface area contributed by atoms with Crippen LogP contribution in [0.15, 0.2) is 47.8 Å². The van der Waals surface area contributed by atoms with E-state index in [0.717, 1.165) is 13.1 Å². The van der Waals surface area contributed by atoms with Crippen LogP contribution in [0.25, 0.3) is 0 Å². The van der Waals surface area contributed by atoms with Crippen LogP contribution in [-0.4, -0.2) is 32.2 Å². The number of thiophene rings is 1. The minimum Gasteiger partial charge on any atom is -0.382 e. The molecule has 0 aliphatic heterocycles. The lowest BCUT2D eigenvalue weighted by atomic mass is 10.3. The van der Waals surface area contributed by atoms with Gasteiger partial charge in [0.15, 0.2) is 0 Å². The molecule has 0 saturated heterocycles. The Balaban J connectivity index is 1.87. The van der Waals surface area contributed by atoms with Crippen LogP contribution in [-0.2, 0) is 16.7 Å². The molecule has 0 unspecified atom stereocenters. The monoisotopic (exact) mass is 325 g/mol. The van der Waals surface area contributed by atoms with Crippen LogP contribution in [0.2, 0.25) is 0 Å². The summed E-state index contributed by atoms with van der Waals surface area (Å²) in [4.78, 5) is 3.33. The second kappa shape index (κ2) is 7.59. The highest BCUT2D eigenvalue weighted by molar-refractivity contribution is 7.87. The van der Waals surface area contributed by atoms with Gasteiger partial charge in [-0.05, 0) is 30.1 Å². The predicted molar refractivity (Wildman–Crippen MR) is 86.1 cm³/mol. The fraction of sp³-hybridized carbons (Fsp3) is 0.333. The first kappa shape index (κ1) is 16.0. The maximum atomic E-state index is 12.0. The molecule has 0 radical (unpaired) electrons. The summed E-state index contributed by atoms with van der Waals surface area (Å²) < 4.78 is 29.0. The minimum atomic E-state index is -3.56. The van der Waals surface area contributed by atoms with Crippen LogP contribution in [0.1, 0.15) is 11.8 Å². The molecular weight excluding hydrogens is 306 g/mol.